The second-order valence-corrected chi connectivity index (χ2v) is 2.90. The Kier molecular flexibility index (Phi) is 1.22. The number of hydrogen-bond donors (Lipinski definition) is 0. The van der Waals surface area contributed by atoms with Crippen LogP contribution in [0.15, 0.2) is 30.5 Å². The van der Waals surface area contributed by atoms with Crippen LogP contribution >= 0.6 is 0 Å². The van der Waals surface area contributed by atoms with Gasteiger partial charge in [0.1, 0.15) is 0 Å². The van der Waals surface area contributed by atoms with Gasteiger partial charge in [0.05, 0.1) is 5.52 Å². The molecule has 1 aliphatic heterocycles. The highest BCUT2D eigenvalue weighted by Crippen LogP contribution is 2.34. The monoisotopic (exact) mass is 173 g/mol. The molecule has 0 spiro atoms. The van der Waals surface area contributed by atoms with Gasteiger partial charge in [0.2, 0.25) is 6.79 Å². The second kappa shape index (κ2) is 2.36. The summed E-state index contributed by atoms with van der Waals surface area (Å²) in [6, 6.07) is 7.76. The van der Waals surface area contributed by atoms with Crippen LogP contribution in [0.1, 0.15) is 0 Å². The van der Waals surface area contributed by atoms with Crippen LogP contribution in [0.5, 0.6) is 11.5 Å². The molecule has 0 atom stereocenters. The number of nitrogens with zero attached hydrogens (tertiary/aromatic N) is 1. The molecule has 0 saturated heterocycles. The molecule has 13 heavy (non-hydrogen) atoms. The minimum atomic E-state index is 0.311. The van der Waals surface area contributed by atoms with Gasteiger partial charge in [-0.15, -0.1) is 0 Å². The van der Waals surface area contributed by atoms with Gasteiger partial charge in [0.15, 0.2) is 11.5 Å². The number of aromatic nitrogens is 1. The molecule has 0 N–H and O–H groups in total. The molecule has 0 amide bonds. The average Bonchev–Trinajstić information content (AvgIpc) is 2.61. The second-order valence-electron chi connectivity index (χ2n) is 2.90. The zero-order chi connectivity index (χ0) is 8.67. The van der Waals surface area contributed by atoms with Gasteiger partial charge in [-0.2, -0.15) is 0 Å². The van der Waals surface area contributed by atoms with Gasteiger partial charge in [-0.05, 0) is 12.1 Å². The fourth-order valence-electron chi connectivity index (χ4n) is 1.46. The van der Waals surface area contributed by atoms with Crippen LogP contribution in [0.4, 0.5) is 0 Å². The Balaban J connectivity index is 2.36. The molecule has 0 bridgehead atoms. The van der Waals surface area contributed by atoms with E-state index in [9.17, 15) is 0 Å². The molecule has 3 heteroatoms. The van der Waals surface area contributed by atoms with Gasteiger partial charge in [-0.3, -0.25) is 4.98 Å². The number of hydrogen-bond acceptors (Lipinski definition) is 3. The predicted molar refractivity (Wildman–Crippen MR) is 47.9 cm³/mol. The van der Waals surface area contributed by atoms with Crippen LogP contribution in [-0.4, -0.2) is 11.8 Å². The smallest absolute Gasteiger partial charge is 0.231 e. The Labute approximate surface area is 74.9 Å². The van der Waals surface area contributed by atoms with Gasteiger partial charge < -0.3 is 9.47 Å². The summed E-state index contributed by atoms with van der Waals surface area (Å²) in [7, 11) is 0. The predicted octanol–water partition coefficient (Wildman–Crippen LogP) is 1.96. The summed E-state index contributed by atoms with van der Waals surface area (Å²) >= 11 is 0. The standard InChI is InChI=1S/C10H7NO2/c1-2-7-4-9-10(13-6-12-9)5-8(7)11-3-1/h1-5H,6H2. The van der Waals surface area contributed by atoms with Crippen LogP contribution in [0, 0.1) is 0 Å². The lowest BCUT2D eigenvalue weighted by Gasteiger charge is -1.98. The van der Waals surface area contributed by atoms with Crippen molar-refractivity contribution in [3.05, 3.63) is 30.5 Å². The van der Waals surface area contributed by atoms with E-state index in [0.29, 0.717) is 6.79 Å². The molecule has 3 rings (SSSR count). The molecule has 1 aromatic carbocycles. The van der Waals surface area contributed by atoms with Crippen molar-refractivity contribution in [2.45, 2.75) is 0 Å². The number of ether oxygens (including phenoxy) is 2. The van der Waals surface area contributed by atoms with Crippen LogP contribution in [-0.2, 0) is 0 Å². The molecule has 0 aliphatic carbocycles. The topological polar surface area (TPSA) is 31.4 Å². The molecule has 0 fully saturated rings. The Hall–Kier alpha value is -1.77. The van der Waals surface area contributed by atoms with E-state index in [1.807, 2.05) is 24.3 Å². The molecule has 3 nitrogen and oxygen atoms in total. The van der Waals surface area contributed by atoms with Crippen LogP contribution in [0.25, 0.3) is 10.9 Å². The number of benzene rings is 1. The van der Waals surface area contributed by atoms with E-state index < -0.39 is 0 Å². The lowest BCUT2D eigenvalue weighted by molar-refractivity contribution is 0.174. The Bertz CT molecular complexity index is 425. The summed E-state index contributed by atoms with van der Waals surface area (Å²) < 4.78 is 10.5. The summed E-state index contributed by atoms with van der Waals surface area (Å²) in [5.74, 6) is 1.59. The summed E-state index contributed by atoms with van der Waals surface area (Å²) in [6.07, 6.45) is 1.77. The minimum absolute atomic E-state index is 0.311. The van der Waals surface area contributed by atoms with E-state index in [-0.39, 0.29) is 0 Å². The fraction of sp³-hybridized carbons (Fsp3) is 0.100. The van der Waals surface area contributed by atoms with Crippen LogP contribution < -0.4 is 9.47 Å². The number of fused-ring (bicyclic) bond motifs is 2. The molecule has 1 aliphatic rings. The third kappa shape index (κ3) is 0.935. The van der Waals surface area contributed by atoms with Gasteiger partial charge >= 0.3 is 0 Å². The maximum Gasteiger partial charge on any atom is 0.231 e. The fourth-order valence-corrected chi connectivity index (χ4v) is 1.46. The SMILES string of the molecule is c1cnc2cc3c(cc2c1)OCO3. The molecule has 64 valence electrons. The molecule has 1 aromatic heterocycles. The van der Waals surface area contributed by atoms with Crippen molar-refractivity contribution in [1.82, 2.24) is 4.98 Å². The van der Waals surface area contributed by atoms with Gasteiger partial charge in [-0.25, -0.2) is 0 Å². The Morgan fingerprint density at radius 1 is 1.15 bits per heavy atom. The lowest BCUT2D eigenvalue weighted by Crippen LogP contribution is -1.92. The van der Waals surface area contributed by atoms with E-state index in [1.165, 1.54) is 0 Å². The first-order valence-electron chi connectivity index (χ1n) is 4.08. The molecule has 2 aromatic rings. The van der Waals surface area contributed by atoms with Crippen molar-refractivity contribution in [3.63, 3.8) is 0 Å². The largest absolute Gasteiger partial charge is 0.454 e. The summed E-state index contributed by atoms with van der Waals surface area (Å²) in [6.45, 7) is 0.311. The molecule has 0 radical (unpaired) electrons. The highest BCUT2D eigenvalue weighted by atomic mass is 16.7. The van der Waals surface area contributed by atoms with Gasteiger partial charge in [0.25, 0.3) is 0 Å². The summed E-state index contributed by atoms with van der Waals surface area (Å²) in [5, 5.41) is 1.08. The van der Waals surface area contributed by atoms with Gasteiger partial charge in [0, 0.05) is 17.6 Å². The lowest BCUT2D eigenvalue weighted by atomic mass is 10.2. The zero-order valence-electron chi connectivity index (χ0n) is 6.86. The average molecular weight is 173 g/mol. The van der Waals surface area contributed by atoms with E-state index in [4.69, 9.17) is 9.47 Å². The highest BCUT2D eigenvalue weighted by molar-refractivity contribution is 5.82. The van der Waals surface area contributed by atoms with E-state index in [1.54, 1.807) is 6.20 Å². The van der Waals surface area contributed by atoms with Crippen LogP contribution in [0.3, 0.4) is 0 Å². The van der Waals surface area contributed by atoms with Crippen molar-refractivity contribution in [1.29, 1.82) is 0 Å². The van der Waals surface area contributed by atoms with Crippen molar-refractivity contribution >= 4 is 10.9 Å². The first-order chi connectivity index (χ1) is 6.43. The molecule has 0 saturated carbocycles. The quantitative estimate of drug-likeness (QED) is 0.610. The maximum atomic E-state index is 5.26. The summed E-state index contributed by atoms with van der Waals surface area (Å²) in [5.41, 5.74) is 0.937. The van der Waals surface area contributed by atoms with Gasteiger partial charge in [-0.1, -0.05) is 6.07 Å². The van der Waals surface area contributed by atoms with E-state index >= 15 is 0 Å². The first-order valence-corrected chi connectivity index (χ1v) is 4.08. The number of rotatable bonds is 0. The molecule has 2 heterocycles. The molecular formula is C10H7NO2. The van der Waals surface area contributed by atoms with Crippen molar-refractivity contribution in [2.24, 2.45) is 0 Å². The van der Waals surface area contributed by atoms with Crippen molar-refractivity contribution in [2.75, 3.05) is 6.79 Å². The third-order valence-corrected chi connectivity index (χ3v) is 2.10. The van der Waals surface area contributed by atoms with Crippen molar-refractivity contribution < 1.29 is 9.47 Å². The molecular weight excluding hydrogens is 166 g/mol. The first kappa shape index (κ1) is 6.71. The van der Waals surface area contributed by atoms with E-state index in [0.717, 1.165) is 22.4 Å². The Morgan fingerprint density at radius 3 is 2.92 bits per heavy atom. The minimum Gasteiger partial charge on any atom is -0.454 e. The maximum absolute atomic E-state index is 5.26. The zero-order valence-corrected chi connectivity index (χ0v) is 6.86. The Morgan fingerprint density at radius 2 is 2.00 bits per heavy atom. The number of pyridine rings is 1. The highest BCUT2D eigenvalue weighted by Gasteiger charge is 2.13. The normalized spacial score (nSPS) is 13.5. The summed E-state index contributed by atoms with van der Waals surface area (Å²) in [4.78, 5) is 4.22. The third-order valence-electron chi connectivity index (χ3n) is 2.10. The van der Waals surface area contributed by atoms with Crippen molar-refractivity contribution in [3.8, 4) is 11.5 Å². The molecule has 0 unspecified atom stereocenters. The van der Waals surface area contributed by atoms with E-state index in [2.05, 4.69) is 4.98 Å². The van der Waals surface area contributed by atoms with Crippen LogP contribution in [0.2, 0.25) is 0 Å².